The second-order valence-electron chi connectivity index (χ2n) is 4.51. The van der Waals surface area contributed by atoms with Gasteiger partial charge in [-0.1, -0.05) is 53.5 Å². The van der Waals surface area contributed by atoms with Crippen LogP contribution in [0.5, 0.6) is 0 Å². The lowest BCUT2D eigenvalue weighted by atomic mass is 10.2. The maximum atomic E-state index is 12.4. The summed E-state index contributed by atoms with van der Waals surface area (Å²) in [6.07, 6.45) is 1.42. The third-order valence-corrected chi connectivity index (χ3v) is 3.53. The van der Waals surface area contributed by atoms with Crippen LogP contribution in [0.3, 0.4) is 0 Å². The molecular formula is C15H9Cl2N3O2. The second-order valence-corrected chi connectivity index (χ2v) is 5.36. The molecule has 1 N–H and O–H groups in total. The fourth-order valence-electron chi connectivity index (χ4n) is 2.02. The molecule has 0 spiro atoms. The van der Waals surface area contributed by atoms with Gasteiger partial charge in [-0.05, 0) is 17.7 Å². The molecule has 0 saturated heterocycles. The third-order valence-electron chi connectivity index (χ3n) is 3.02. The summed E-state index contributed by atoms with van der Waals surface area (Å²) < 4.78 is 0.731. The van der Waals surface area contributed by atoms with Crippen LogP contribution in [0, 0.1) is 0 Å². The number of benzene rings is 2. The van der Waals surface area contributed by atoms with Gasteiger partial charge in [0.2, 0.25) is 0 Å². The molecule has 2 aromatic carbocycles. The average Bonchev–Trinajstić information content (AvgIpc) is 2.47. The highest BCUT2D eigenvalue weighted by atomic mass is 35.5. The Bertz CT molecular complexity index is 991. The Hall–Kier alpha value is -2.37. The lowest BCUT2D eigenvalue weighted by molar-refractivity contribution is 0.771. The molecule has 110 valence electrons. The molecule has 0 fully saturated rings. The van der Waals surface area contributed by atoms with Crippen molar-refractivity contribution in [2.75, 3.05) is 0 Å². The van der Waals surface area contributed by atoms with E-state index in [4.69, 9.17) is 23.2 Å². The van der Waals surface area contributed by atoms with Crippen LogP contribution in [-0.4, -0.2) is 15.9 Å². The molecule has 1 heterocycles. The summed E-state index contributed by atoms with van der Waals surface area (Å²) in [5.74, 6) is 0. The Morgan fingerprint density at radius 1 is 1.09 bits per heavy atom. The van der Waals surface area contributed by atoms with Gasteiger partial charge in [-0.25, -0.2) is 4.79 Å². The van der Waals surface area contributed by atoms with E-state index in [1.807, 2.05) is 18.2 Å². The summed E-state index contributed by atoms with van der Waals surface area (Å²) in [5, 5.41) is 4.59. The highest BCUT2D eigenvalue weighted by Crippen LogP contribution is 2.23. The first kappa shape index (κ1) is 14.6. The summed E-state index contributed by atoms with van der Waals surface area (Å²) in [6, 6.07) is 12.0. The molecule has 0 bridgehead atoms. The summed E-state index contributed by atoms with van der Waals surface area (Å²) in [4.78, 5) is 27.0. The lowest BCUT2D eigenvalue weighted by Gasteiger charge is -2.03. The Kier molecular flexibility index (Phi) is 3.83. The number of hydrogen-bond donors (Lipinski definition) is 1. The monoisotopic (exact) mass is 333 g/mol. The fraction of sp³-hybridized carbons (Fsp3) is 0. The molecule has 1 aromatic heterocycles. The van der Waals surface area contributed by atoms with Crippen LogP contribution in [0.25, 0.3) is 10.9 Å². The third kappa shape index (κ3) is 2.68. The van der Waals surface area contributed by atoms with Gasteiger partial charge in [0.15, 0.2) is 0 Å². The van der Waals surface area contributed by atoms with Crippen LogP contribution in [0.2, 0.25) is 10.0 Å². The first-order valence-corrected chi connectivity index (χ1v) is 7.05. The minimum absolute atomic E-state index is 0.160. The van der Waals surface area contributed by atoms with Gasteiger partial charge >= 0.3 is 5.69 Å². The van der Waals surface area contributed by atoms with Crippen LogP contribution in [-0.2, 0) is 0 Å². The molecule has 0 atom stereocenters. The molecule has 7 heteroatoms. The van der Waals surface area contributed by atoms with Crippen molar-refractivity contribution in [3.8, 4) is 0 Å². The van der Waals surface area contributed by atoms with Crippen LogP contribution < -0.4 is 11.2 Å². The number of nitrogens with zero attached hydrogens (tertiary/aromatic N) is 2. The van der Waals surface area contributed by atoms with Crippen LogP contribution in [0.1, 0.15) is 5.56 Å². The van der Waals surface area contributed by atoms with Crippen LogP contribution in [0.15, 0.2) is 57.2 Å². The van der Waals surface area contributed by atoms with Crippen molar-refractivity contribution in [3.63, 3.8) is 0 Å². The Morgan fingerprint density at radius 3 is 2.55 bits per heavy atom. The minimum atomic E-state index is -0.664. The van der Waals surface area contributed by atoms with E-state index in [0.717, 1.165) is 10.2 Å². The Labute approximate surface area is 134 Å². The Morgan fingerprint density at radius 2 is 1.82 bits per heavy atom. The Balaban J connectivity index is 2.21. The van der Waals surface area contributed by atoms with Crippen molar-refractivity contribution in [1.82, 2.24) is 9.66 Å². The van der Waals surface area contributed by atoms with Gasteiger partial charge in [-0.2, -0.15) is 5.10 Å². The van der Waals surface area contributed by atoms with Crippen molar-refractivity contribution in [2.45, 2.75) is 0 Å². The van der Waals surface area contributed by atoms with E-state index in [1.54, 1.807) is 12.1 Å². The average molecular weight is 334 g/mol. The van der Waals surface area contributed by atoms with Crippen LogP contribution in [0.4, 0.5) is 0 Å². The lowest BCUT2D eigenvalue weighted by Crippen LogP contribution is -2.32. The van der Waals surface area contributed by atoms with Gasteiger partial charge in [-0.3, -0.25) is 4.79 Å². The highest BCUT2D eigenvalue weighted by molar-refractivity contribution is 6.38. The molecule has 0 radical (unpaired) electrons. The van der Waals surface area contributed by atoms with E-state index in [9.17, 15) is 9.59 Å². The van der Waals surface area contributed by atoms with Gasteiger partial charge in [0.1, 0.15) is 0 Å². The zero-order valence-corrected chi connectivity index (χ0v) is 12.6. The van der Waals surface area contributed by atoms with E-state index in [0.29, 0.717) is 5.02 Å². The first-order valence-electron chi connectivity index (χ1n) is 6.30. The first-order chi connectivity index (χ1) is 10.6. The molecule has 0 aliphatic carbocycles. The summed E-state index contributed by atoms with van der Waals surface area (Å²) in [5.41, 5.74) is -0.231. The number of fused-ring (bicyclic) bond motifs is 1. The summed E-state index contributed by atoms with van der Waals surface area (Å²) in [7, 11) is 0. The molecular weight excluding hydrogens is 325 g/mol. The van der Waals surface area contributed by atoms with Gasteiger partial charge in [0.05, 0.1) is 22.1 Å². The quantitative estimate of drug-likeness (QED) is 0.732. The van der Waals surface area contributed by atoms with Crippen molar-refractivity contribution < 1.29 is 0 Å². The molecule has 22 heavy (non-hydrogen) atoms. The largest absolute Gasteiger partial charge is 0.349 e. The topological polar surface area (TPSA) is 67.2 Å². The van der Waals surface area contributed by atoms with Crippen molar-refractivity contribution in [3.05, 3.63) is 78.9 Å². The zero-order valence-electron chi connectivity index (χ0n) is 11.1. The minimum Gasteiger partial charge on any atom is -0.305 e. The molecule has 3 rings (SSSR count). The highest BCUT2D eigenvalue weighted by Gasteiger charge is 2.11. The van der Waals surface area contributed by atoms with Gasteiger partial charge in [0, 0.05) is 5.02 Å². The van der Waals surface area contributed by atoms with E-state index >= 15 is 0 Å². The number of H-pyrrole nitrogens is 1. The summed E-state index contributed by atoms with van der Waals surface area (Å²) in [6.45, 7) is 0. The van der Waals surface area contributed by atoms with Crippen molar-refractivity contribution in [1.29, 1.82) is 0 Å². The van der Waals surface area contributed by atoms with E-state index < -0.39 is 11.2 Å². The molecule has 3 aromatic rings. The fourth-order valence-corrected chi connectivity index (χ4v) is 2.60. The maximum Gasteiger partial charge on any atom is 0.349 e. The predicted molar refractivity (Wildman–Crippen MR) is 88.3 cm³/mol. The maximum absolute atomic E-state index is 12.4. The zero-order chi connectivity index (χ0) is 15.7. The molecule has 0 unspecified atom stereocenters. The number of rotatable bonds is 2. The predicted octanol–water partition coefficient (Wildman–Crippen LogP) is 2.88. The molecule has 5 nitrogen and oxygen atoms in total. The van der Waals surface area contributed by atoms with Gasteiger partial charge < -0.3 is 4.98 Å². The number of nitrogens with one attached hydrogen (secondary N) is 1. The number of aromatic amines is 1. The van der Waals surface area contributed by atoms with Crippen molar-refractivity contribution in [2.24, 2.45) is 5.10 Å². The van der Waals surface area contributed by atoms with E-state index in [1.165, 1.54) is 18.3 Å². The number of aromatic nitrogens is 2. The SMILES string of the molecule is O=c1[nH]c2cc(Cl)cc(Cl)c2c(=O)n1/N=C/c1ccccc1. The smallest absolute Gasteiger partial charge is 0.305 e. The molecule has 0 saturated carbocycles. The van der Waals surface area contributed by atoms with Crippen molar-refractivity contribution >= 4 is 40.3 Å². The summed E-state index contributed by atoms with van der Waals surface area (Å²) >= 11 is 11.9. The number of halogens is 2. The molecule has 0 aliphatic rings. The molecule has 0 aliphatic heterocycles. The normalized spacial score (nSPS) is 11.4. The van der Waals surface area contributed by atoms with Gasteiger partial charge in [-0.15, -0.1) is 4.68 Å². The van der Waals surface area contributed by atoms with Crippen LogP contribution >= 0.6 is 23.2 Å². The van der Waals surface area contributed by atoms with E-state index in [2.05, 4.69) is 10.1 Å². The second kappa shape index (κ2) is 5.79. The van der Waals surface area contributed by atoms with E-state index in [-0.39, 0.29) is 15.9 Å². The number of hydrogen-bond acceptors (Lipinski definition) is 3. The molecule has 0 amide bonds. The standard InChI is InChI=1S/C15H9Cl2N3O2/c16-10-6-11(17)13-12(7-10)19-15(22)20(14(13)21)18-8-9-4-2-1-3-5-9/h1-8H,(H,19,22)/b18-8+. The van der Waals surface area contributed by atoms with Gasteiger partial charge in [0.25, 0.3) is 5.56 Å².